The molecular formula is C15H20N2O2. The highest BCUT2D eigenvalue weighted by molar-refractivity contribution is 5.13. The summed E-state index contributed by atoms with van der Waals surface area (Å²) in [7, 11) is 0. The van der Waals surface area contributed by atoms with Crippen LogP contribution in [-0.2, 0) is 6.42 Å². The van der Waals surface area contributed by atoms with Gasteiger partial charge in [-0.25, -0.2) is 0 Å². The second-order valence-corrected chi connectivity index (χ2v) is 5.36. The van der Waals surface area contributed by atoms with Crippen molar-refractivity contribution in [2.75, 3.05) is 0 Å². The zero-order valence-corrected chi connectivity index (χ0v) is 11.0. The van der Waals surface area contributed by atoms with Crippen LogP contribution in [-0.4, -0.2) is 14.9 Å². The normalized spacial score (nSPS) is 18.6. The molecule has 0 aromatic carbocycles. The van der Waals surface area contributed by atoms with E-state index in [1.54, 1.807) is 18.6 Å². The van der Waals surface area contributed by atoms with Crippen molar-refractivity contribution in [1.82, 2.24) is 9.78 Å². The molecule has 2 aromatic heterocycles. The lowest BCUT2D eigenvalue weighted by Crippen LogP contribution is -2.13. The number of furan rings is 1. The van der Waals surface area contributed by atoms with Gasteiger partial charge in [-0.2, -0.15) is 5.10 Å². The third-order valence-corrected chi connectivity index (χ3v) is 3.94. The molecule has 1 N–H and O–H groups in total. The first-order valence-electron chi connectivity index (χ1n) is 7.07. The third-order valence-electron chi connectivity index (χ3n) is 3.94. The summed E-state index contributed by atoms with van der Waals surface area (Å²) in [6, 6.07) is 4.36. The lowest BCUT2D eigenvalue weighted by Gasteiger charge is -2.21. The molecule has 2 aromatic rings. The highest BCUT2D eigenvalue weighted by Crippen LogP contribution is 2.28. The van der Waals surface area contributed by atoms with Gasteiger partial charge in [-0.1, -0.05) is 19.3 Å². The highest BCUT2D eigenvalue weighted by Gasteiger charge is 2.17. The van der Waals surface area contributed by atoms with Gasteiger partial charge in [-0.05, 0) is 25.0 Å². The summed E-state index contributed by atoms with van der Waals surface area (Å²) >= 11 is 0. The first kappa shape index (κ1) is 12.5. The van der Waals surface area contributed by atoms with Crippen molar-refractivity contribution in [2.45, 2.75) is 50.7 Å². The van der Waals surface area contributed by atoms with E-state index in [0.29, 0.717) is 12.5 Å². The van der Waals surface area contributed by atoms with Gasteiger partial charge in [0.2, 0.25) is 0 Å². The Bertz CT molecular complexity index is 498. The fraction of sp³-hybridized carbons (Fsp3) is 0.533. The minimum Gasteiger partial charge on any atom is -0.472 e. The van der Waals surface area contributed by atoms with E-state index in [2.05, 4.69) is 9.78 Å². The molecule has 19 heavy (non-hydrogen) atoms. The monoisotopic (exact) mass is 260 g/mol. The van der Waals surface area contributed by atoms with E-state index in [9.17, 15) is 5.11 Å². The Morgan fingerprint density at radius 1 is 1.32 bits per heavy atom. The summed E-state index contributed by atoms with van der Waals surface area (Å²) in [5, 5.41) is 14.7. The van der Waals surface area contributed by atoms with E-state index in [-0.39, 0.29) is 0 Å². The summed E-state index contributed by atoms with van der Waals surface area (Å²) in [4.78, 5) is 0. The molecule has 0 bridgehead atoms. The molecule has 0 aliphatic heterocycles. The van der Waals surface area contributed by atoms with E-state index in [1.807, 2.05) is 12.3 Å². The van der Waals surface area contributed by atoms with Crippen molar-refractivity contribution in [3.05, 3.63) is 42.1 Å². The second-order valence-electron chi connectivity index (χ2n) is 5.36. The smallest absolute Gasteiger partial charge is 0.0960 e. The van der Waals surface area contributed by atoms with Crippen molar-refractivity contribution in [3.8, 4) is 0 Å². The standard InChI is InChI=1S/C15H20N2O2/c18-15(12-7-9-19-11-12)10-13-6-8-17(16-13)14-4-2-1-3-5-14/h6-9,11,14-15,18H,1-5,10H2. The van der Waals surface area contributed by atoms with Crippen LogP contribution in [0.25, 0.3) is 0 Å². The maximum absolute atomic E-state index is 10.1. The zero-order chi connectivity index (χ0) is 13.1. The van der Waals surface area contributed by atoms with Gasteiger partial charge in [0.05, 0.1) is 30.4 Å². The van der Waals surface area contributed by atoms with Crippen molar-refractivity contribution in [2.24, 2.45) is 0 Å². The Morgan fingerprint density at radius 3 is 2.89 bits per heavy atom. The van der Waals surface area contributed by atoms with Crippen LogP contribution >= 0.6 is 0 Å². The number of rotatable bonds is 4. The van der Waals surface area contributed by atoms with E-state index >= 15 is 0 Å². The number of hydrogen-bond acceptors (Lipinski definition) is 3. The summed E-state index contributed by atoms with van der Waals surface area (Å²) in [5.41, 5.74) is 1.76. The topological polar surface area (TPSA) is 51.2 Å². The van der Waals surface area contributed by atoms with Crippen LogP contribution in [0.15, 0.2) is 35.3 Å². The van der Waals surface area contributed by atoms with Crippen molar-refractivity contribution in [1.29, 1.82) is 0 Å². The minimum absolute atomic E-state index is 0.534. The Morgan fingerprint density at radius 2 is 2.16 bits per heavy atom. The van der Waals surface area contributed by atoms with Crippen LogP contribution < -0.4 is 0 Å². The van der Waals surface area contributed by atoms with Gasteiger partial charge in [0.1, 0.15) is 0 Å². The Balaban J connectivity index is 1.64. The van der Waals surface area contributed by atoms with Gasteiger partial charge < -0.3 is 9.52 Å². The van der Waals surface area contributed by atoms with E-state index in [0.717, 1.165) is 11.3 Å². The zero-order valence-electron chi connectivity index (χ0n) is 11.0. The molecular weight excluding hydrogens is 240 g/mol. The third kappa shape index (κ3) is 2.89. The largest absolute Gasteiger partial charge is 0.472 e. The van der Waals surface area contributed by atoms with Crippen molar-refractivity contribution >= 4 is 0 Å². The molecule has 0 spiro atoms. The molecule has 4 nitrogen and oxygen atoms in total. The molecule has 0 amide bonds. The predicted molar refractivity (Wildman–Crippen MR) is 71.7 cm³/mol. The molecule has 4 heteroatoms. The fourth-order valence-electron chi connectivity index (χ4n) is 2.82. The molecule has 1 aliphatic carbocycles. The SMILES string of the molecule is OC(Cc1ccn(C2CCCCC2)n1)c1ccoc1. The number of nitrogens with zero attached hydrogens (tertiary/aromatic N) is 2. The van der Waals surface area contributed by atoms with Crippen LogP contribution in [0, 0.1) is 0 Å². The average molecular weight is 260 g/mol. The Labute approximate surface area is 113 Å². The first-order valence-corrected chi connectivity index (χ1v) is 7.07. The quantitative estimate of drug-likeness (QED) is 0.918. The molecule has 1 fully saturated rings. The van der Waals surface area contributed by atoms with Gasteiger partial charge in [0, 0.05) is 18.2 Å². The van der Waals surface area contributed by atoms with Crippen LogP contribution in [0.2, 0.25) is 0 Å². The molecule has 0 radical (unpaired) electrons. The molecule has 2 heterocycles. The van der Waals surface area contributed by atoms with Crippen molar-refractivity contribution in [3.63, 3.8) is 0 Å². The fourth-order valence-corrected chi connectivity index (χ4v) is 2.82. The lowest BCUT2D eigenvalue weighted by molar-refractivity contribution is 0.175. The average Bonchev–Trinajstić information content (AvgIpc) is 3.11. The molecule has 1 atom stereocenters. The van der Waals surface area contributed by atoms with Crippen LogP contribution in [0.5, 0.6) is 0 Å². The first-order chi connectivity index (χ1) is 9.33. The van der Waals surface area contributed by atoms with Gasteiger partial charge in [0.25, 0.3) is 0 Å². The van der Waals surface area contributed by atoms with Crippen molar-refractivity contribution < 1.29 is 9.52 Å². The van der Waals surface area contributed by atoms with Crippen LogP contribution in [0.4, 0.5) is 0 Å². The Kier molecular flexibility index (Phi) is 3.69. The van der Waals surface area contributed by atoms with Crippen LogP contribution in [0.3, 0.4) is 0 Å². The van der Waals surface area contributed by atoms with E-state index in [4.69, 9.17) is 4.42 Å². The minimum atomic E-state index is -0.534. The summed E-state index contributed by atoms with van der Waals surface area (Å²) in [6.07, 6.45) is 11.6. The van der Waals surface area contributed by atoms with Gasteiger partial charge in [-0.3, -0.25) is 4.68 Å². The Hall–Kier alpha value is -1.55. The highest BCUT2D eigenvalue weighted by atomic mass is 16.3. The molecule has 102 valence electrons. The number of hydrogen-bond donors (Lipinski definition) is 1. The lowest BCUT2D eigenvalue weighted by atomic mass is 9.96. The van der Waals surface area contributed by atoms with Gasteiger partial charge >= 0.3 is 0 Å². The summed E-state index contributed by atoms with van der Waals surface area (Å²) in [5.74, 6) is 0. The molecule has 1 unspecified atom stereocenters. The van der Waals surface area contributed by atoms with E-state index in [1.165, 1.54) is 32.1 Å². The molecule has 1 saturated carbocycles. The molecule has 0 saturated heterocycles. The molecule has 1 aliphatic rings. The maximum Gasteiger partial charge on any atom is 0.0960 e. The number of aliphatic hydroxyl groups excluding tert-OH is 1. The van der Waals surface area contributed by atoms with Crippen LogP contribution in [0.1, 0.15) is 55.5 Å². The number of aliphatic hydroxyl groups is 1. The maximum atomic E-state index is 10.1. The second kappa shape index (κ2) is 5.61. The number of aromatic nitrogens is 2. The molecule has 3 rings (SSSR count). The van der Waals surface area contributed by atoms with Gasteiger partial charge in [-0.15, -0.1) is 0 Å². The summed E-state index contributed by atoms with van der Waals surface area (Å²) in [6.45, 7) is 0. The van der Waals surface area contributed by atoms with Gasteiger partial charge in [0.15, 0.2) is 0 Å². The summed E-state index contributed by atoms with van der Waals surface area (Å²) < 4.78 is 7.07. The van der Waals surface area contributed by atoms with E-state index < -0.39 is 6.10 Å². The predicted octanol–water partition coefficient (Wildman–Crippen LogP) is 3.26.